The molecule has 4 aromatic rings. The van der Waals surface area contributed by atoms with E-state index in [4.69, 9.17) is 27.2 Å². The standard InChI is InChI=1S/C23H15ClF2N6O3S/c1-35-22-21(36(28,33)34)18(16(24)11-30-22)15-6-7-17(25)14(19(15)26)5-4-13-10-31-23(27)32-20(13)12-3-2-8-29-9-12/h2-3,6-11H,1H3,(H2,27,31,32)(H2,28,33,34). The van der Waals surface area contributed by atoms with Crippen LogP contribution in [0.5, 0.6) is 5.88 Å². The van der Waals surface area contributed by atoms with Crippen molar-refractivity contribution in [1.82, 2.24) is 19.9 Å². The zero-order valence-electron chi connectivity index (χ0n) is 18.3. The summed E-state index contributed by atoms with van der Waals surface area (Å²) in [6, 6.07) is 5.30. The lowest BCUT2D eigenvalue weighted by Crippen LogP contribution is -2.16. The first-order valence-electron chi connectivity index (χ1n) is 9.90. The minimum atomic E-state index is -4.48. The van der Waals surface area contributed by atoms with Crippen molar-refractivity contribution in [3.05, 3.63) is 76.8 Å². The van der Waals surface area contributed by atoms with Gasteiger partial charge in [0.2, 0.25) is 21.9 Å². The van der Waals surface area contributed by atoms with Crippen molar-refractivity contribution < 1.29 is 21.9 Å². The van der Waals surface area contributed by atoms with Crippen molar-refractivity contribution in [3.8, 4) is 40.1 Å². The second kappa shape index (κ2) is 9.82. The van der Waals surface area contributed by atoms with Crippen LogP contribution in [0, 0.1) is 23.5 Å². The Hall–Kier alpha value is -4.18. The summed E-state index contributed by atoms with van der Waals surface area (Å²) in [5.74, 6) is 2.46. The van der Waals surface area contributed by atoms with Gasteiger partial charge in [0.25, 0.3) is 0 Å². The average Bonchev–Trinajstić information content (AvgIpc) is 2.85. The minimum absolute atomic E-state index is 0.0319. The Morgan fingerprint density at radius 1 is 1.08 bits per heavy atom. The van der Waals surface area contributed by atoms with Gasteiger partial charge in [-0.05, 0) is 24.3 Å². The Morgan fingerprint density at radius 2 is 1.86 bits per heavy atom. The molecule has 4 N–H and O–H groups in total. The monoisotopic (exact) mass is 528 g/mol. The van der Waals surface area contributed by atoms with Gasteiger partial charge in [-0.25, -0.2) is 37.3 Å². The van der Waals surface area contributed by atoms with Crippen molar-refractivity contribution >= 4 is 27.6 Å². The fourth-order valence-corrected chi connectivity index (χ4v) is 4.50. The lowest BCUT2D eigenvalue weighted by Gasteiger charge is -2.14. The molecule has 13 heteroatoms. The van der Waals surface area contributed by atoms with Crippen molar-refractivity contribution in [2.75, 3.05) is 12.8 Å². The molecule has 0 unspecified atom stereocenters. The van der Waals surface area contributed by atoms with Gasteiger partial charge in [0, 0.05) is 35.3 Å². The molecular weight excluding hydrogens is 514 g/mol. The molecule has 0 fully saturated rings. The van der Waals surface area contributed by atoms with Gasteiger partial charge in [-0.2, -0.15) is 0 Å². The molecule has 182 valence electrons. The third kappa shape index (κ3) is 4.80. The number of rotatable bonds is 4. The Balaban J connectivity index is 1.93. The maximum atomic E-state index is 15.6. The van der Waals surface area contributed by atoms with Crippen molar-refractivity contribution in [3.63, 3.8) is 0 Å². The molecule has 0 radical (unpaired) electrons. The van der Waals surface area contributed by atoms with Crippen molar-refractivity contribution in [2.24, 2.45) is 5.14 Å². The van der Waals surface area contributed by atoms with Crippen LogP contribution >= 0.6 is 11.6 Å². The van der Waals surface area contributed by atoms with Crippen LogP contribution in [0.15, 0.2) is 53.9 Å². The number of sulfonamides is 1. The van der Waals surface area contributed by atoms with E-state index in [9.17, 15) is 12.8 Å². The minimum Gasteiger partial charge on any atom is -0.480 e. The number of benzene rings is 1. The molecule has 0 aliphatic heterocycles. The number of ether oxygens (including phenoxy) is 1. The number of halogens is 3. The van der Waals surface area contributed by atoms with E-state index in [1.54, 1.807) is 18.3 Å². The number of nitrogen functional groups attached to an aromatic ring is 1. The van der Waals surface area contributed by atoms with Crippen LogP contribution in [0.4, 0.5) is 14.7 Å². The lowest BCUT2D eigenvalue weighted by atomic mass is 10.0. The maximum Gasteiger partial charge on any atom is 0.244 e. The van der Waals surface area contributed by atoms with Gasteiger partial charge in [0.1, 0.15) is 11.6 Å². The third-order valence-electron chi connectivity index (χ3n) is 4.86. The summed E-state index contributed by atoms with van der Waals surface area (Å²) in [7, 11) is -3.33. The van der Waals surface area contributed by atoms with Gasteiger partial charge >= 0.3 is 0 Å². The Labute approximate surface area is 209 Å². The first-order chi connectivity index (χ1) is 17.1. The van der Waals surface area contributed by atoms with Gasteiger partial charge in [-0.1, -0.05) is 23.4 Å². The molecular formula is C23H15ClF2N6O3S. The smallest absolute Gasteiger partial charge is 0.244 e. The van der Waals surface area contributed by atoms with E-state index in [1.807, 2.05) is 0 Å². The van der Waals surface area contributed by atoms with E-state index in [2.05, 4.69) is 31.8 Å². The number of aromatic nitrogens is 4. The van der Waals surface area contributed by atoms with Gasteiger partial charge in [0.05, 0.1) is 35.2 Å². The summed E-state index contributed by atoms with van der Waals surface area (Å²) >= 11 is 6.17. The SMILES string of the molecule is COc1ncc(Cl)c(-c2ccc(F)c(C#Cc3cnc(N)nc3-c3cccnc3)c2F)c1S(N)(=O)=O. The molecule has 0 aliphatic carbocycles. The van der Waals surface area contributed by atoms with Gasteiger partial charge in [-0.15, -0.1) is 0 Å². The quantitative estimate of drug-likeness (QED) is 0.384. The molecule has 0 bridgehead atoms. The van der Waals surface area contributed by atoms with Crippen molar-refractivity contribution in [1.29, 1.82) is 0 Å². The van der Waals surface area contributed by atoms with Crippen LogP contribution in [0.1, 0.15) is 11.1 Å². The first-order valence-corrected chi connectivity index (χ1v) is 11.8. The molecule has 0 saturated carbocycles. The van der Waals surface area contributed by atoms with E-state index in [1.165, 1.54) is 12.4 Å². The van der Waals surface area contributed by atoms with Crippen LogP contribution in [0.25, 0.3) is 22.4 Å². The van der Waals surface area contributed by atoms with E-state index < -0.39 is 38.0 Å². The summed E-state index contributed by atoms with van der Waals surface area (Å²) in [6.45, 7) is 0. The normalized spacial score (nSPS) is 11.0. The van der Waals surface area contributed by atoms with Crippen LogP contribution in [0.2, 0.25) is 5.02 Å². The molecule has 4 rings (SSSR count). The van der Waals surface area contributed by atoms with Crippen LogP contribution in [0.3, 0.4) is 0 Å². The maximum absolute atomic E-state index is 15.6. The molecule has 1 aromatic carbocycles. The van der Waals surface area contributed by atoms with E-state index in [-0.39, 0.29) is 27.7 Å². The zero-order chi connectivity index (χ0) is 26.0. The molecule has 9 nitrogen and oxygen atoms in total. The van der Waals surface area contributed by atoms with E-state index >= 15 is 4.39 Å². The summed E-state index contributed by atoms with van der Waals surface area (Å²) in [5.41, 5.74) is 5.38. The molecule has 0 aliphatic rings. The second-order valence-corrected chi connectivity index (χ2v) is 9.04. The summed E-state index contributed by atoms with van der Waals surface area (Å²) < 4.78 is 59.9. The number of pyridine rings is 2. The summed E-state index contributed by atoms with van der Waals surface area (Å²) in [5, 5.41) is 5.06. The predicted octanol–water partition coefficient (Wildman–Crippen LogP) is 3.17. The van der Waals surface area contributed by atoms with E-state index in [0.717, 1.165) is 25.4 Å². The number of hydrogen-bond donors (Lipinski definition) is 2. The fraction of sp³-hybridized carbons (Fsp3) is 0.0435. The fourth-order valence-electron chi connectivity index (χ4n) is 3.31. The number of methoxy groups -OCH3 is 1. The summed E-state index contributed by atoms with van der Waals surface area (Å²) in [6.07, 6.45) is 5.44. The topological polar surface area (TPSA) is 147 Å². The highest BCUT2D eigenvalue weighted by Gasteiger charge is 2.28. The van der Waals surface area contributed by atoms with Gasteiger partial charge < -0.3 is 10.5 Å². The zero-order valence-corrected chi connectivity index (χ0v) is 19.9. The average molecular weight is 529 g/mol. The molecule has 3 heterocycles. The Morgan fingerprint density at radius 3 is 2.53 bits per heavy atom. The highest BCUT2D eigenvalue weighted by Crippen LogP contribution is 2.40. The van der Waals surface area contributed by atoms with Crippen LogP contribution in [-0.4, -0.2) is 35.5 Å². The molecule has 0 amide bonds. The van der Waals surface area contributed by atoms with Crippen LogP contribution in [-0.2, 0) is 10.0 Å². The van der Waals surface area contributed by atoms with Crippen molar-refractivity contribution in [2.45, 2.75) is 4.90 Å². The number of nitrogens with two attached hydrogens (primary N) is 2. The highest BCUT2D eigenvalue weighted by molar-refractivity contribution is 7.89. The van der Waals surface area contributed by atoms with E-state index in [0.29, 0.717) is 11.3 Å². The molecule has 0 saturated heterocycles. The number of primary sulfonamides is 1. The van der Waals surface area contributed by atoms with Gasteiger partial charge in [-0.3, -0.25) is 4.98 Å². The lowest BCUT2D eigenvalue weighted by molar-refractivity contribution is 0.385. The Kier molecular flexibility index (Phi) is 6.80. The van der Waals surface area contributed by atoms with Gasteiger partial charge in [0.15, 0.2) is 4.90 Å². The second-order valence-electron chi connectivity index (χ2n) is 7.13. The number of anilines is 1. The molecule has 0 atom stereocenters. The molecule has 3 aromatic heterocycles. The highest BCUT2D eigenvalue weighted by atomic mass is 35.5. The Bertz CT molecular complexity index is 1660. The number of hydrogen-bond acceptors (Lipinski definition) is 8. The molecule has 36 heavy (non-hydrogen) atoms. The van der Waals surface area contributed by atoms with Crippen LogP contribution < -0.4 is 15.6 Å². The first kappa shape index (κ1) is 24.9. The largest absolute Gasteiger partial charge is 0.480 e. The summed E-state index contributed by atoms with van der Waals surface area (Å²) in [4.78, 5) is 15.2. The predicted molar refractivity (Wildman–Crippen MR) is 128 cm³/mol. The third-order valence-corrected chi connectivity index (χ3v) is 6.09. The number of nitrogens with zero attached hydrogens (tertiary/aromatic N) is 4. The molecule has 0 spiro atoms.